The fourth-order valence-electron chi connectivity index (χ4n) is 3.17. The Morgan fingerprint density at radius 1 is 0.826 bits per heavy atom. The molecule has 4 aromatic rings. The molecule has 0 saturated heterocycles. The molecule has 0 spiro atoms. The Morgan fingerprint density at radius 3 is 2.17 bits per heavy atom. The SMILES string of the molecule is Cn1c(-c2ccccc2)c(-c2c(Cl)c(=O)c2=O)c2ccccc21. The van der Waals surface area contributed by atoms with Crippen molar-refractivity contribution in [2.24, 2.45) is 7.05 Å². The summed E-state index contributed by atoms with van der Waals surface area (Å²) >= 11 is 6.06. The Bertz CT molecular complexity index is 1120. The van der Waals surface area contributed by atoms with Crippen LogP contribution >= 0.6 is 11.6 Å². The number of hydrogen-bond donors (Lipinski definition) is 0. The third kappa shape index (κ3) is 1.83. The van der Waals surface area contributed by atoms with Crippen LogP contribution in [0.5, 0.6) is 0 Å². The molecular weight excluding hydrogens is 310 g/mol. The molecular formula is C19H12ClNO2. The second kappa shape index (κ2) is 4.93. The standard InChI is InChI=1S/C19H12ClNO2/c1-21-13-10-6-5-9-12(13)14(15-16(20)19(23)18(15)22)17(21)11-7-3-2-4-8-11/h2-10H,1H3. The first-order valence-corrected chi connectivity index (χ1v) is 7.61. The van der Waals surface area contributed by atoms with Gasteiger partial charge in [0.2, 0.25) is 10.9 Å². The maximum absolute atomic E-state index is 12.1. The predicted octanol–water partition coefficient (Wildman–Crippen LogP) is 3.76. The van der Waals surface area contributed by atoms with Gasteiger partial charge in [0.1, 0.15) is 5.02 Å². The molecule has 1 heterocycles. The van der Waals surface area contributed by atoms with Crippen LogP contribution in [-0.2, 0) is 7.05 Å². The molecule has 0 atom stereocenters. The topological polar surface area (TPSA) is 39.1 Å². The lowest BCUT2D eigenvalue weighted by atomic mass is 9.95. The van der Waals surface area contributed by atoms with Gasteiger partial charge in [0.05, 0.1) is 11.3 Å². The molecule has 0 unspecified atom stereocenters. The molecule has 0 aliphatic rings. The molecule has 0 radical (unpaired) electrons. The largest absolute Gasteiger partial charge is 0.343 e. The number of halogens is 1. The lowest BCUT2D eigenvalue weighted by Crippen LogP contribution is -2.33. The second-order valence-corrected chi connectivity index (χ2v) is 5.89. The highest BCUT2D eigenvalue weighted by molar-refractivity contribution is 6.35. The van der Waals surface area contributed by atoms with Crippen molar-refractivity contribution < 1.29 is 0 Å². The normalized spacial score (nSPS) is 11.4. The van der Waals surface area contributed by atoms with Crippen LogP contribution in [0.15, 0.2) is 64.2 Å². The average Bonchev–Trinajstić information content (AvgIpc) is 2.88. The number of aromatic nitrogens is 1. The molecule has 4 heteroatoms. The summed E-state index contributed by atoms with van der Waals surface area (Å²) in [5.74, 6) is 0. The molecule has 1 aromatic heterocycles. The van der Waals surface area contributed by atoms with Crippen molar-refractivity contribution in [1.29, 1.82) is 0 Å². The van der Waals surface area contributed by atoms with E-state index in [1.54, 1.807) is 0 Å². The highest BCUT2D eigenvalue weighted by Gasteiger charge is 2.27. The Balaban J connectivity index is 2.19. The molecule has 3 nitrogen and oxygen atoms in total. The fraction of sp³-hybridized carbons (Fsp3) is 0.0526. The van der Waals surface area contributed by atoms with Gasteiger partial charge < -0.3 is 4.57 Å². The highest BCUT2D eigenvalue weighted by atomic mass is 35.5. The van der Waals surface area contributed by atoms with Crippen LogP contribution in [0.3, 0.4) is 0 Å². The molecule has 112 valence electrons. The molecule has 0 fully saturated rings. The van der Waals surface area contributed by atoms with Crippen molar-refractivity contribution in [3.8, 4) is 22.4 Å². The smallest absolute Gasteiger partial charge is 0.245 e. The van der Waals surface area contributed by atoms with Gasteiger partial charge in [-0.05, 0) is 11.6 Å². The summed E-state index contributed by atoms with van der Waals surface area (Å²) in [6, 6.07) is 17.6. The van der Waals surface area contributed by atoms with E-state index in [0.29, 0.717) is 5.56 Å². The molecule has 23 heavy (non-hydrogen) atoms. The lowest BCUT2D eigenvalue weighted by molar-refractivity contribution is 0.979. The first-order chi connectivity index (χ1) is 11.1. The molecule has 3 aromatic carbocycles. The van der Waals surface area contributed by atoms with Crippen LogP contribution in [0, 0.1) is 0 Å². The van der Waals surface area contributed by atoms with Gasteiger partial charge in [-0.15, -0.1) is 0 Å². The summed E-state index contributed by atoms with van der Waals surface area (Å²) in [7, 11) is 1.95. The van der Waals surface area contributed by atoms with Gasteiger partial charge in [-0.3, -0.25) is 9.59 Å². The van der Waals surface area contributed by atoms with Crippen molar-refractivity contribution in [3.63, 3.8) is 0 Å². The Morgan fingerprint density at radius 2 is 1.48 bits per heavy atom. The number of rotatable bonds is 2. The van der Waals surface area contributed by atoms with Gasteiger partial charge in [0.15, 0.2) is 0 Å². The van der Waals surface area contributed by atoms with Crippen LogP contribution in [0.4, 0.5) is 0 Å². The van der Waals surface area contributed by atoms with Crippen LogP contribution in [0.25, 0.3) is 33.3 Å². The van der Waals surface area contributed by atoms with Crippen LogP contribution in [0.1, 0.15) is 0 Å². The maximum atomic E-state index is 12.1. The molecule has 4 rings (SSSR count). The minimum absolute atomic E-state index is 0.0311. The van der Waals surface area contributed by atoms with Gasteiger partial charge in [0, 0.05) is 23.5 Å². The Hall–Kier alpha value is -2.65. The number of aryl methyl sites for hydroxylation is 1. The summed E-state index contributed by atoms with van der Waals surface area (Å²) in [5, 5.41) is 0.950. The number of fused-ring (bicyclic) bond motifs is 1. The monoisotopic (exact) mass is 321 g/mol. The molecule has 0 aliphatic heterocycles. The highest BCUT2D eigenvalue weighted by Crippen LogP contribution is 2.41. The van der Waals surface area contributed by atoms with Gasteiger partial charge in [-0.25, -0.2) is 0 Å². The van der Waals surface area contributed by atoms with E-state index < -0.39 is 10.9 Å². The van der Waals surface area contributed by atoms with E-state index in [1.165, 1.54) is 0 Å². The summed E-state index contributed by atoms with van der Waals surface area (Å²) in [5.41, 5.74) is 2.81. The van der Waals surface area contributed by atoms with Gasteiger partial charge in [0.25, 0.3) is 0 Å². The van der Waals surface area contributed by atoms with Crippen LogP contribution < -0.4 is 10.9 Å². The Labute approximate surface area is 137 Å². The molecule has 0 aliphatic carbocycles. The molecule has 0 N–H and O–H groups in total. The number of nitrogens with zero attached hydrogens (tertiary/aromatic N) is 1. The molecule has 0 amide bonds. The zero-order chi connectivity index (χ0) is 16.1. The number of benzene rings is 2. The van der Waals surface area contributed by atoms with Gasteiger partial charge in [-0.2, -0.15) is 0 Å². The summed E-state index contributed by atoms with van der Waals surface area (Å²) in [6.07, 6.45) is 0. The summed E-state index contributed by atoms with van der Waals surface area (Å²) in [6.45, 7) is 0. The lowest BCUT2D eigenvalue weighted by Gasteiger charge is -2.10. The van der Waals surface area contributed by atoms with Crippen LogP contribution in [0.2, 0.25) is 5.02 Å². The molecule has 0 bridgehead atoms. The van der Waals surface area contributed by atoms with Crippen molar-refractivity contribution in [1.82, 2.24) is 4.57 Å². The quantitative estimate of drug-likeness (QED) is 0.527. The zero-order valence-corrected chi connectivity index (χ0v) is 13.1. The average molecular weight is 322 g/mol. The minimum Gasteiger partial charge on any atom is -0.343 e. The van der Waals surface area contributed by atoms with E-state index in [1.807, 2.05) is 66.2 Å². The van der Waals surface area contributed by atoms with Gasteiger partial charge in [-0.1, -0.05) is 60.1 Å². The van der Waals surface area contributed by atoms with Crippen molar-refractivity contribution in [2.45, 2.75) is 0 Å². The first-order valence-electron chi connectivity index (χ1n) is 7.23. The maximum Gasteiger partial charge on any atom is 0.245 e. The van der Waals surface area contributed by atoms with Crippen LogP contribution in [-0.4, -0.2) is 4.57 Å². The minimum atomic E-state index is -0.603. The predicted molar refractivity (Wildman–Crippen MR) is 93.7 cm³/mol. The summed E-state index contributed by atoms with van der Waals surface area (Å²) in [4.78, 5) is 23.7. The van der Waals surface area contributed by atoms with E-state index in [-0.39, 0.29) is 5.02 Å². The van der Waals surface area contributed by atoms with E-state index in [9.17, 15) is 9.59 Å². The second-order valence-electron chi connectivity index (χ2n) is 5.51. The van der Waals surface area contributed by atoms with E-state index in [0.717, 1.165) is 27.7 Å². The van der Waals surface area contributed by atoms with E-state index in [4.69, 9.17) is 11.6 Å². The summed E-state index contributed by atoms with van der Waals surface area (Å²) < 4.78 is 2.03. The van der Waals surface area contributed by atoms with Crippen molar-refractivity contribution in [3.05, 3.63) is 80.1 Å². The fourth-order valence-corrected chi connectivity index (χ4v) is 3.43. The van der Waals surface area contributed by atoms with Crippen molar-refractivity contribution in [2.75, 3.05) is 0 Å². The van der Waals surface area contributed by atoms with E-state index in [2.05, 4.69) is 0 Å². The Kier molecular flexibility index (Phi) is 3.00. The van der Waals surface area contributed by atoms with Crippen molar-refractivity contribution >= 4 is 22.5 Å². The third-order valence-corrected chi connectivity index (χ3v) is 4.62. The number of hydrogen-bond acceptors (Lipinski definition) is 2. The molecule has 0 saturated carbocycles. The van der Waals surface area contributed by atoms with Gasteiger partial charge >= 0.3 is 0 Å². The number of para-hydroxylation sites is 1. The zero-order valence-electron chi connectivity index (χ0n) is 12.3. The first kappa shape index (κ1) is 14.0. The van der Waals surface area contributed by atoms with E-state index >= 15 is 0 Å². The third-order valence-electron chi connectivity index (χ3n) is 4.26.